The Morgan fingerprint density at radius 2 is 2.10 bits per heavy atom. The summed E-state index contributed by atoms with van der Waals surface area (Å²) in [7, 11) is -3.12. The van der Waals surface area contributed by atoms with Crippen molar-refractivity contribution < 1.29 is 12.8 Å². The van der Waals surface area contributed by atoms with Gasteiger partial charge in [0.15, 0.2) is 0 Å². The number of nitrogens with zero attached hydrogens (tertiary/aromatic N) is 1. The zero-order chi connectivity index (χ0) is 16.0. The number of benzene rings is 1. The van der Waals surface area contributed by atoms with Gasteiger partial charge in [0.05, 0.1) is 10.7 Å². The Balaban J connectivity index is 2.43. The first-order valence-electron chi connectivity index (χ1n) is 6.89. The summed E-state index contributed by atoms with van der Waals surface area (Å²) in [4.78, 5) is 0. The van der Waals surface area contributed by atoms with Gasteiger partial charge < -0.3 is 5.32 Å². The van der Waals surface area contributed by atoms with Crippen molar-refractivity contribution in [1.82, 2.24) is 9.62 Å². The van der Waals surface area contributed by atoms with Crippen molar-refractivity contribution in [2.75, 3.05) is 25.9 Å². The number of sulfonamides is 1. The molecular weight excluding hydrogens is 359 g/mol. The zero-order valence-corrected chi connectivity index (χ0v) is 15.0. The molecule has 1 N–H and O–H groups in total. The van der Waals surface area contributed by atoms with Crippen LogP contribution in [0, 0.1) is 5.82 Å². The molecule has 1 aromatic carbocycles. The van der Waals surface area contributed by atoms with Crippen LogP contribution in [0.2, 0.25) is 0 Å². The van der Waals surface area contributed by atoms with Gasteiger partial charge in [0.1, 0.15) is 5.82 Å². The fourth-order valence-corrected chi connectivity index (χ4v) is 3.36. The maximum absolute atomic E-state index is 13.2. The van der Waals surface area contributed by atoms with Crippen molar-refractivity contribution in [3.05, 3.63) is 34.1 Å². The highest BCUT2D eigenvalue weighted by molar-refractivity contribution is 9.10. The maximum atomic E-state index is 13.2. The van der Waals surface area contributed by atoms with Crippen LogP contribution in [0.5, 0.6) is 0 Å². The lowest BCUT2D eigenvalue weighted by atomic mass is 10.1. The number of nitrogens with one attached hydrogen (secondary N) is 1. The van der Waals surface area contributed by atoms with Crippen LogP contribution in [0.15, 0.2) is 22.7 Å². The van der Waals surface area contributed by atoms with E-state index in [1.54, 1.807) is 12.1 Å². The number of rotatable bonds is 8. The molecule has 7 heteroatoms. The molecule has 21 heavy (non-hydrogen) atoms. The minimum atomic E-state index is -3.12. The molecule has 0 saturated heterocycles. The topological polar surface area (TPSA) is 49.4 Å². The molecule has 0 aliphatic rings. The third-order valence-electron chi connectivity index (χ3n) is 3.30. The van der Waals surface area contributed by atoms with E-state index in [1.165, 1.54) is 16.6 Å². The van der Waals surface area contributed by atoms with Crippen molar-refractivity contribution in [3.8, 4) is 0 Å². The maximum Gasteiger partial charge on any atom is 0.211 e. The molecule has 1 atom stereocenters. The van der Waals surface area contributed by atoms with Crippen LogP contribution in [0.25, 0.3) is 0 Å². The predicted molar refractivity (Wildman–Crippen MR) is 87.2 cm³/mol. The van der Waals surface area contributed by atoms with Crippen LogP contribution in [0.4, 0.5) is 4.39 Å². The van der Waals surface area contributed by atoms with Crippen molar-refractivity contribution in [1.29, 1.82) is 0 Å². The molecule has 0 aliphatic carbocycles. The standard InChI is InChI=1S/C14H22BrFN2O2S/c1-4-18(21(3,19)20)9-5-8-17-11(2)12-6-7-14(16)13(15)10-12/h6-7,10-11,17H,4-5,8-9H2,1-3H3. The molecule has 0 heterocycles. The lowest BCUT2D eigenvalue weighted by molar-refractivity contribution is 0.413. The second-order valence-electron chi connectivity index (χ2n) is 4.96. The van der Waals surface area contributed by atoms with Gasteiger partial charge in [-0.1, -0.05) is 13.0 Å². The van der Waals surface area contributed by atoms with Crippen LogP contribution in [0.1, 0.15) is 31.9 Å². The molecule has 0 aromatic heterocycles. The molecule has 120 valence electrons. The van der Waals surface area contributed by atoms with Crippen LogP contribution in [0.3, 0.4) is 0 Å². The van der Waals surface area contributed by atoms with E-state index in [2.05, 4.69) is 21.2 Å². The van der Waals surface area contributed by atoms with Crippen molar-refractivity contribution in [2.45, 2.75) is 26.3 Å². The van der Waals surface area contributed by atoms with Crippen molar-refractivity contribution in [2.24, 2.45) is 0 Å². The number of halogens is 2. The lowest BCUT2D eigenvalue weighted by Crippen LogP contribution is -2.32. The van der Waals surface area contributed by atoms with E-state index in [1.807, 2.05) is 13.8 Å². The minimum absolute atomic E-state index is 0.0789. The van der Waals surface area contributed by atoms with Gasteiger partial charge in [-0.05, 0) is 53.5 Å². The summed E-state index contributed by atoms with van der Waals surface area (Å²) in [6, 6.07) is 5.00. The van der Waals surface area contributed by atoms with Gasteiger partial charge in [-0.2, -0.15) is 0 Å². The zero-order valence-electron chi connectivity index (χ0n) is 12.6. The van der Waals surface area contributed by atoms with Gasteiger partial charge in [0.2, 0.25) is 10.0 Å². The summed E-state index contributed by atoms with van der Waals surface area (Å²) in [6.07, 6.45) is 1.95. The van der Waals surface area contributed by atoms with E-state index in [-0.39, 0.29) is 11.9 Å². The first kappa shape index (κ1) is 18.5. The first-order valence-corrected chi connectivity index (χ1v) is 9.53. The first-order chi connectivity index (χ1) is 9.75. The SMILES string of the molecule is CCN(CCCNC(C)c1ccc(F)c(Br)c1)S(C)(=O)=O. The summed E-state index contributed by atoms with van der Waals surface area (Å²) in [5, 5.41) is 3.31. The largest absolute Gasteiger partial charge is 0.310 e. The van der Waals surface area contributed by atoms with E-state index in [4.69, 9.17) is 0 Å². The molecule has 1 rings (SSSR count). The molecule has 0 aliphatic heterocycles. The van der Waals surface area contributed by atoms with Crippen LogP contribution in [-0.4, -0.2) is 38.6 Å². The molecule has 0 saturated carbocycles. The predicted octanol–water partition coefficient (Wildman–Crippen LogP) is 2.91. The highest BCUT2D eigenvalue weighted by Gasteiger charge is 2.13. The van der Waals surface area contributed by atoms with Gasteiger partial charge in [-0.25, -0.2) is 17.1 Å². The van der Waals surface area contributed by atoms with E-state index < -0.39 is 10.0 Å². The third kappa shape index (κ3) is 6.02. The van der Waals surface area contributed by atoms with E-state index >= 15 is 0 Å². The second kappa shape index (κ2) is 8.22. The van der Waals surface area contributed by atoms with Gasteiger partial charge in [0, 0.05) is 19.1 Å². The third-order valence-corrected chi connectivity index (χ3v) is 5.29. The summed E-state index contributed by atoms with van der Waals surface area (Å²) in [6.45, 7) is 5.50. The van der Waals surface area contributed by atoms with Gasteiger partial charge >= 0.3 is 0 Å². The van der Waals surface area contributed by atoms with Crippen LogP contribution in [-0.2, 0) is 10.0 Å². The average molecular weight is 381 g/mol. The average Bonchev–Trinajstić information content (AvgIpc) is 2.40. The Morgan fingerprint density at radius 3 is 2.62 bits per heavy atom. The van der Waals surface area contributed by atoms with Gasteiger partial charge in [-0.15, -0.1) is 0 Å². The second-order valence-corrected chi connectivity index (χ2v) is 7.79. The Bertz CT molecular complexity index is 566. The molecule has 0 spiro atoms. The lowest BCUT2D eigenvalue weighted by Gasteiger charge is -2.19. The summed E-state index contributed by atoms with van der Waals surface area (Å²) < 4.78 is 38.0. The Morgan fingerprint density at radius 1 is 1.43 bits per heavy atom. The van der Waals surface area contributed by atoms with Crippen molar-refractivity contribution in [3.63, 3.8) is 0 Å². The highest BCUT2D eigenvalue weighted by atomic mass is 79.9. The molecular formula is C14H22BrFN2O2S. The monoisotopic (exact) mass is 380 g/mol. The summed E-state index contributed by atoms with van der Waals surface area (Å²) >= 11 is 3.17. The Hall–Kier alpha value is -0.500. The molecule has 1 unspecified atom stereocenters. The molecule has 0 fully saturated rings. The van der Waals surface area contributed by atoms with Gasteiger partial charge in [0.25, 0.3) is 0 Å². The number of hydrogen-bond acceptors (Lipinski definition) is 3. The highest BCUT2D eigenvalue weighted by Crippen LogP contribution is 2.21. The van der Waals surface area contributed by atoms with Crippen LogP contribution >= 0.6 is 15.9 Å². The summed E-state index contributed by atoms with van der Waals surface area (Å²) in [5.41, 5.74) is 0.985. The van der Waals surface area contributed by atoms with Gasteiger partial charge in [-0.3, -0.25) is 0 Å². The Labute approximate surface area is 134 Å². The molecule has 0 bridgehead atoms. The van der Waals surface area contributed by atoms with E-state index in [0.717, 1.165) is 12.0 Å². The van der Waals surface area contributed by atoms with Crippen molar-refractivity contribution >= 4 is 26.0 Å². The Kier molecular flexibility index (Phi) is 7.26. The van der Waals surface area contributed by atoms with E-state index in [9.17, 15) is 12.8 Å². The fraction of sp³-hybridized carbons (Fsp3) is 0.571. The smallest absolute Gasteiger partial charge is 0.211 e. The van der Waals surface area contributed by atoms with E-state index in [0.29, 0.717) is 24.1 Å². The van der Waals surface area contributed by atoms with Crippen LogP contribution < -0.4 is 5.32 Å². The molecule has 1 aromatic rings. The molecule has 0 amide bonds. The normalized spacial score (nSPS) is 13.6. The molecule has 4 nitrogen and oxygen atoms in total. The minimum Gasteiger partial charge on any atom is -0.310 e. The quantitative estimate of drug-likeness (QED) is 0.705. The fourth-order valence-electron chi connectivity index (χ4n) is 2.03. The summed E-state index contributed by atoms with van der Waals surface area (Å²) in [5.74, 6) is -0.280. The number of hydrogen-bond donors (Lipinski definition) is 1. The molecule has 0 radical (unpaired) electrons.